The maximum Gasteiger partial charge on any atom is 0.490 e. The van der Waals surface area contributed by atoms with Gasteiger partial charge in [-0.1, -0.05) is 31.2 Å². The first-order valence-corrected chi connectivity index (χ1v) is 10.2. The molecule has 0 aliphatic carbocycles. The van der Waals surface area contributed by atoms with E-state index in [2.05, 4.69) is 28.9 Å². The maximum absolute atomic E-state index is 13.0. The van der Waals surface area contributed by atoms with Gasteiger partial charge in [-0.2, -0.15) is 13.2 Å². The molecule has 0 aromatic heterocycles. The summed E-state index contributed by atoms with van der Waals surface area (Å²) in [5, 5.41) is 16.1. The average molecular weight is 465 g/mol. The molecule has 33 heavy (non-hydrogen) atoms. The Bertz CT molecular complexity index is 1040. The van der Waals surface area contributed by atoms with Gasteiger partial charge < -0.3 is 21.1 Å². The van der Waals surface area contributed by atoms with E-state index in [9.17, 15) is 22.8 Å². The number of benzene rings is 2. The van der Waals surface area contributed by atoms with Crippen LogP contribution >= 0.6 is 0 Å². The van der Waals surface area contributed by atoms with Crippen LogP contribution in [-0.2, 0) is 16.0 Å². The van der Waals surface area contributed by atoms with Crippen molar-refractivity contribution in [2.24, 2.45) is 0 Å². The van der Waals surface area contributed by atoms with Crippen molar-refractivity contribution in [2.45, 2.75) is 38.8 Å². The van der Waals surface area contributed by atoms with Gasteiger partial charge in [0.25, 0.3) is 5.91 Å². The van der Waals surface area contributed by atoms with Gasteiger partial charge in [0.15, 0.2) is 0 Å². The maximum atomic E-state index is 13.0. The van der Waals surface area contributed by atoms with E-state index >= 15 is 0 Å². The Kier molecular flexibility index (Phi) is 8.44. The summed E-state index contributed by atoms with van der Waals surface area (Å²) in [6.07, 6.45) is -3.79. The Labute approximate surface area is 189 Å². The van der Waals surface area contributed by atoms with Crippen molar-refractivity contribution in [1.82, 2.24) is 5.32 Å². The number of carboxylic acid groups (broad SMARTS) is 1. The molecule has 0 spiro atoms. The van der Waals surface area contributed by atoms with Crippen molar-refractivity contribution in [3.05, 3.63) is 58.7 Å². The number of hydrogen-bond acceptors (Lipinski definition) is 4. The molecule has 3 rings (SSSR count). The fraction of sp³-hybridized carbons (Fsp3) is 0.348. The summed E-state index contributed by atoms with van der Waals surface area (Å²) in [7, 11) is 1.61. The van der Waals surface area contributed by atoms with Gasteiger partial charge >= 0.3 is 12.1 Å². The van der Waals surface area contributed by atoms with Crippen molar-refractivity contribution in [2.75, 3.05) is 24.2 Å². The highest BCUT2D eigenvalue weighted by atomic mass is 19.4. The van der Waals surface area contributed by atoms with Crippen LogP contribution in [0.2, 0.25) is 0 Å². The third kappa shape index (κ3) is 6.96. The molecule has 1 aliphatic heterocycles. The number of carbonyl (C=O) groups excluding carboxylic acids is 2. The summed E-state index contributed by atoms with van der Waals surface area (Å²) >= 11 is 0. The van der Waals surface area contributed by atoms with E-state index in [0.29, 0.717) is 17.2 Å². The van der Waals surface area contributed by atoms with E-state index in [-0.39, 0.29) is 18.2 Å². The number of para-hydroxylation sites is 1. The molecule has 0 saturated heterocycles. The highest BCUT2D eigenvalue weighted by Crippen LogP contribution is 2.35. The summed E-state index contributed by atoms with van der Waals surface area (Å²) in [5.74, 6) is -2.57. The van der Waals surface area contributed by atoms with E-state index in [1.54, 1.807) is 7.05 Å². The number of aryl methyl sites for hydroxylation is 1. The minimum Gasteiger partial charge on any atom is -0.475 e. The van der Waals surface area contributed by atoms with Crippen molar-refractivity contribution in [3.63, 3.8) is 0 Å². The summed E-state index contributed by atoms with van der Waals surface area (Å²) in [6.45, 7) is 5.07. The van der Waals surface area contributed by atoms with Crippen LogP contribution in [0.3, 0.4) is 0 Å². The molecular formula is C23H26F3N3O4. The lowest BCUT2D eigenvalue weighted by Crippen LogP contribution is -2.23. The van der Waals surface area contributed by atoms with Gasteiger partial charge in [-0.3, -0.25) is 9.59 Å². The first-order chi connectivity index (χ1) is 15.4. The predicted octanol–water partition coefficient (Wildman–Crippen LogP) is 4.09. The third-order valence-electron chi connectivity index (χ3n) is 5.11. The molecule has 2 aromatic carbocycles. The molecule has 7 nitrogen and oxygen atoms in total. The van der Waals surface area contributed by atoms with Gasteiger partial charge in [0.05, 0.1) is 17.7 Å². The smallest absolute Gasteiger partial charge is 0.475 e. The lowest BCUT2D eigenvalue weighted by molar-refractivity contribution is -0.192. The second-order valence-electron chi connectivity index (χ2n) is 7.66. The fourth-order valence-corrected chi connectivity index (χ4v) is 3.40. The molecule has 1 heterocycles. The first kappa shape index (κ1) is 25.7. The van der Waals surface area contributed by atoms with Crippen LogP contribution in [0.1, 0.15) is 46.3 Å². The zero-order chi connectivity index (χ0) is 24.8. The van der Waals surface area contributed by atoms with Crippen LogP contribution in [0.4, 0.5) is 24.5 Å². The minimum absolute atomic E-state index is 0.0878. The third-order valence-corrected chi connectivity index (χ3v) is 5.11. The van der Waals surface area contributed by atoms with Gasteiger partial charge in [0.2, 0.25) is 5.91 Å². The van der Waals surface area contributed by atoms with Gasteiger partial charge in [-0.15, -0.1) is 0 Å². The molecule has 10 heteroatoms. The van der Waals surface area contributed by atoms with Crippen LogP contribution in [0.5, 0.6) is 0 Å². The van der Waals surface area contributed by atoms with Crippen LogP contribution in [0, 0.1) is 6.92 Å². The zero-order valence-electron chi connectivity index (χ0n) is 18.5. The Morgan fingerprint density at radius 3 is 2.42 bits per heavy atom. The quantitative estimate of drug-likeness (QED) is 0.544. The number of alkyl halides is 3. The first-order valence-electron chi connectivity index (χ1n) is 10.2. The molecule has 0 saturated carbocycles. The molecule has 0 radical (unpaired) electrons. The molecular weight excluding hydrogens is 439 g/mol. The lowest BCUT2D eigenvalue weighted by atomic mass is 9.89. The zero-order valence-corrected chi connectivity index (χ0v) is 18.5. The molecule has 0 bridgehead atoms. The monoisotopic (exact) mass is 465 g/mol. The number of halogens is 3. The molecule has 1 atom stereocenters. The van der Waals surface area contributed by atoms with E-state index in [1.165, 1.54) is 5.56 Å². The molecule has 1 unspecified atom stereocenters. The average Bonchev–Trinajstić information content (AvgIpc) is 2.75. The molecule has 178 valence electrons. The van der Waals surface area contributed by atoms with Gasteiger partial charge in [0.1, 0.15) is 0 Å². The van der Waals surface area contributed by atoms with Crippen LogP contribution in [-0.4, -0.2) is 42.7 Å². The molecule has 0 fully saturated rings. The summed E-state index contributed by atoms with van der Waals surface area (Å²) in [4.78, 5) is 33.6. The standard InChI is InChI=1S/C21H25N3O2.C2HF3O2/c1-13-10-16-14(2)8-9-23-20(16)17(11-13)21(26)24-18-7-5-4-6-15(18)12-19(25)22-3;3-2(4,5)1(6)7/h4-7,10-11,14,23H,8-9,12H2,1-3H3,(H,22,25)(H,24,26);(H,6,7). The largest absolute Gasteiger partial charge is 0.490 e. The van der Waals surface area contributed by atoms with Crippen molar-refractivity contribution < 1.29 is 32.7 Å². The molecule has 4 N–H and O–H groups in total. The van der Waals surface area contributed by atoms with Crippen molar-refractivity contribution in [3.8, 4) is 0 Å². The number of anilines is 2. The van der Waals surface area contributed by atoms with Crippen LogP contribution in [0.15, 0.2) is 36.4 Å². The SMILES string of the molecule is CNC(=O)Cc1ccccc1NC(=O)c1cc(C)cc2c1NCCC2C.O=C(O)C(F)(F)F. The summed E-state index contributed by atoms with van der Waals surface area (Å²) in [5.41, 5.74) is 5.31. The number of amides is 2. The van der Waals surface area contributed by atoms with E-state index in [0.717, 1.165) is 29.8 Å². The Hall–Kier alpha value is -3.56. The molecule has 1 aliphatic rings. The Morgan fingerprint density at radius 1 is 1.18 bits per heavy atom. The topological polar surface area (TPSA) is 108 Å². The van der Waals surface area contributed by atoms with E-state index in [1.807, 2.05) is 37.3 Å². The highest BCUT2D eigenvalue weighted by Gasteiger charge is 2.38. The Balaban J connectivity index is 0.000000479. The van der Waals surface area contributed by atoms with Crippen LogP contribution < -0.4 is 16.0 Å². The highest BCUT2D eigenvalue weighted by molar-refractivity contribution is 6.09. The number of likely N-dealkylation sites (N-methyl/N-ethyl adjacent to an activating group) is 1. The normalized spacial score (nSPS) is 14.7. The van der Waals surface area contributed by atoms with Gasteiger partial charge in [0, 0.05) is 19.3 Å². The number of carboxylic acids is 1. The number of rotatable bonds is 4. The second-order valence-corrected chi connectivity index (χ2v) is 7.66. The molecule has 2 amide bonds. The predicted molar refractivity (Wildman–Crippen MR) is 119 cm³/mol. The second kappa shape index (κ2) is 10.8. The van der Waals surface area contributed by atoms with Crippen LogP contribution in [0.25, 0.3) is 0 Å². The number of hydrogen-bond donors (Lipinski definition) is 4. The fourth-order valence-electron chi connectivity index (χ4n) is 3.40. The van der Waals surface area contributed by atoms with Crippen molar-refractivity contribution >= 4 is 29.2 Å². The Morgan fingerprint density at radius 2 is 1.82 bits per heavy atom. The lowest BCUT2D eigenvalue weighted by Gasteiger charge is -2.26. The summed E-state index contributed by atoms with van der Waals surface area (Å²) in [6, 6.07) is 11.5. The minimum atomic E-state index is -5.08. The number of carbonyl (C=O) groups is 3. The number of aliphatic carboxylic acids is 1. The van der Waals surface area contributed by atoms with E-state index < -0.39 is 12.1 Å². The number of fused-ring (bicyclic) bond motifs is 1. The van der Waals surface area contributed by atoms with E-state index in [4.69, 9.17) is 9.90 Å². The van der Waals surface area contributed by atoms with Crippen molar-refractivity contribution in [1.29, 1.82) is 0 Å². The van der Waals surface area contributed by atoms with Gasteiger partial charge in [-0.25, -0.2) is 4.79 Å². The summed E-state index contributed by atoms with van der Waals surface area (Å²) < 4.78 is 31.7. The molecule has 2 aromatic rings. The number of nitrogens with one attached hydrogen (secondary N) is 3. The van der Waals surface area contributed by atoms with Gasteiger partial charge in [-0.05, 0) is 48.1 Å².